The number of aliphatic hydroxyl groups excluding tert-OH is 2. The van der Waals surface area contributed by atoms with E-state index < -0.39 is 24.4 Å². The molecule has 6 nitrogen and oxygen atoms in total. The third-order valence-corrected chi connectivity index (χ3v) is 6.44. The predicted octanol–water partition coefficient (Wildman–Crippen LogP) is 2.55. The van der Waals surface area contributed by atoms with Crippen molar-refractivity contribution < 1.29 is 19.3 Å². The Hall–Kier alpha value is -2.48. The monoisotopic (exact) mass is 411 g/mol. The Bertz CT molecular complexity index is 1110. The van der Waals surface area contributed by atoms with Crippen molar-refractivity contribution in [1.82, 2.24) is 14.9 Å². The summed E-state index contributed by atoms with van der Waals surface area (Å²) in [6.45, 7) is 5.45. The second-order valence-corrected chi connectivity index (χ2v) is 8.44. The standard InChI is InChI=1S/C23H26FN3O3/c1-12-7-14-3-5-25-10-15(14)19(8-12)30-20-9-18(22(28)23(20)29)27-11-16(24)21-13(2)26-6-4-17(21)27/h4,6-8,11,18,20,22-23,25,28-29H,3,5,9-10H2,1-2H3/t18-,20+,22+,23-/m1/s1. The molecule has 30 heavy (non-hydrogen) atoms. The van der Waals surface area contributed by atoms with E-state index in [0.29, 0.717) is 23.0 Å². The van der Waals surface area contributed by atoms with Crippen molar-refractivity contribution in [3.63, 3.8) is 0 Å². The summed E-state index contributed by atoms with van der Waals surface area (Å²) in [5, 5.41) is 25.3. The van der Waals surface area contributed by atoms with Gasteiger partial charge in [0, 0.05) is 36.6 Å². The van der Waals surface area contributed by atoms with Crippen LogP contribution in [0.5, 0.6) is 5.75 Å². The second-order valence-electron chi connectivity index (χ2n) is 8.44. The van der Waals surface area contributed by atoms with E-state index in [1.54, 1.807) is 23.8 Å². The molecule has 1 aromatic carbocycles. The third kappa shape index (κ3) is 3.09. The number of rotatable bonds is 3. The van der Waals surface area contributed by atoms with Crippen LogP contribution in [0, 0.1) is 19.7 Å². The van der Waals surface area contributed by atoms with Gasteiger partial charge in [-0.15, -0.1) is 0 Å². The molecule has 3 aromatic rings. The zero-order valence-electron chi connectivity index (χ0n) is 17.1. The number of nitrogens with one attached hydrogen (secondary N) is 1. The van der Waals surface area contributed by atoms with Crippen molar-refractivity contribution in [2.75, 3.05) is 6.54 Å². The number of aliphatic hydroxyl groups is 2. The normalized spacial score (nSPS) is 26.2. The van der Waals surface area contributed by atoms with Crippen LogP contribution in [-0.2, 0) is 13.0 Å². The Morgan fingerprint density at radius 3 is 2.90 bits per heavy atom. The summed E-state index contributed by atoms with van der Waals surface area (Å²) in [6.07, 6.45) is 1.63. The Morgan fingerprint density at radius 2 is 2.07 bits per heavy atom. The van der Waals surface area contributed by atoms with E-state index in [1.165, 1.54) is 11.8 Å². The molecule has 0 bridgehead atoms. The molecule has 0 amide bonds. The van der Waals surface area contributed by atoms with Gasteiger partial charge in [-0.2, -0.15) is 0 Å². The molecule has 2 aliphatic rings. The molecule has 1 fully saturated rings. The van der Waals surface area contributed by atoms with Gasteiger partial charge >= 0.3 is 0 Å². The fraction of sp³-hybridized carbons (Fsp3) is 0.435. The Labute approximate surface area is 174 Å². The van der Waals surface area contributed by atoms with Crippen LogP contribution in [0.1, 0.15) is 34.8 Å². The number of aromatic nitrogens is 2. The molecule has 4 atom stereocenters. The summed E-state index contributed by atoms with van der Waals surface area (Å²) in [5.74, 6) is 0.373. The van der Waals surface area contributed by atoms with Crippen LogP contribution in [0.3, 0.4) is 0 Å². The minimum absolute atomic E-state index is 0.375. The predicted molar refractivity (Wildman–Crippen MR) is 111 cm³/mol. The molecular formula is C23H26FN3O3. The maximum absolute atomic E-state index is 14.6. The van der Waals surface area contributed by atoms with Gasteiger partial charge in [0.15, 0.2) is 5.82 Å². The lowest BCUT2D eigenvalue weighted by atomic mass is 9.97. The van der Waals surface area contributed by atoms with Crippen molar-refractivity contribution in [1.29, 1.82) is 0 Å². The number of aryl methyl sites for hydroxylation is 2. The highest BCUT2D eigenvalue weighted by atomic mass is 19.1. The lowest BCUT2D eigenvalue weighted by Gasteiger charge is -2.25. The highest BCUT2D eigenvalue weighted by Gasteiger charge is 2.44. The van der Waals surface area contributed by atoms with Crippen molar-refractivity contribution in [2.24, 2.45) is 0 Å². The number of ether oxygens (including phenoxy) is 1. The van der Waals surface area contributed by atoms with E-state index in [2.05, 4.69) is 16.4 Å². The average Bonchev–Trinajstić information content (AvgIpc) is 3.20. The highest BCUT2D eigenvalue weighted by Crippen LogP contribution is 2.38. The van der Waals surface area contributed by atoms with Gasteiger partial charge in [-0.25, -0.2) is 4.39 Å². The number of benzene rings is 1. The molecule has 0 spiro atoms. The van der Waals surface area contributed by atoms with Crippen molar-refractivity contribution in [3.8, 4) is 5.75 Å². The molecule has 158 valence electrons. The molecule has 0 saturated heterocycles. The fourth-order valence-electron chi connectivity index (χ4n) is 4.94. The van der Waals surface area contributed by atoms with Crippen LogP contribution in [0.15, 0.2) is 30.6 Å². The van der Waals surface area contributed by atoms with E-state index >= 15 is 0 Å². The van der Waals surface area contributed by atoms with Crippen LogP contribution in [-0.4, -0.2) is 44.6 Å². The quantitative estimate of drug-likeness (QED) is 0.617. The number of hydrogen-bond acceptors (Lipinski definition) is 5. The van der Waals surface area contributed by atoms with Gasteiger partial charge in [-0.3, -0.25) is 4.98 Å². The van der Waals surface area contributed by atoms with E-state index in [9.17, 15) is 14.6 Å². The number of hydrogen-bond donors (Lipinski definition) is 3. The molecule has 3 N–H and O–H groups in total. The Morgan fingerprint density at radius 1 is 1.23 bits per heavy atom. The van der Waals surface area contributed by atoms with Crippen LogP contribution in [0.2, 0.25) is 0 Å². The van der Waals surface area contributed by atoms with E-state index in [1.807, 2.05) is 13.0 Å². The lowest BCUT2D eigenvalue weighted by Crippen LogP contribution is -2.34. The first-order chi connectivity index (χ1) is 14.4. The highest BCUT2D eigenvalue weighted by molar-refractivity contribution is 5.83. The SMILES string of the molecule is Cc1cc2c(c(O[C@H]3C[C@@H](n4cc(F)c5c(C)nccc54)[C@H](O)[C@@H]3O)c1)CNCC2. The Balaban J connectivity index is 1.47. The molecule has 7 heteroatoms. The molecule has 0 radical (unpaired) electrons. The Kier molecular flexibility index (Phi) is 4.76. The first-order valence-electron chi connectivity index (χ1n) is 10.4. The van der Waals surface area contributed by atoms with Crippen LogP contribution >= 0.6 is 0 Å². The maximum Gasteiger partial charge on any atom is 0.150 e. The molecule has 0 unspecified atom stereocenters. The van der Waals surface area contributed by atoms with Gasteiger partial charge in [0.05, 0.1) is 16.9 Å². The van der Waals surface area contributed by atoms with Crippen LogP contribution in [0.25, 0.3) is 10.9 Å². The smallest absolute Gasteiger partial charge is 0.150 e. The summed E-state index contributed by atoms with van der Waals surface area (Å²) >= 11 is 0. The lowest BCUT2D eigenvalue weighted by molar-refractivity contribution is -0.0166. The number of fused-ring (bicyclic) bond motifs is 2. The third-order valence-electron chi connectivity index (χ3n) is 6.44. The van der Waals surface area contributed by atoms with Gasteiger partial charge in [0.2, 0.25) is 0 Å². The zero-order chi connectivity index (χ0) is 21.0. The van der Waals surface area contributed by atoms with Gasteiger partial charge in [0.1, 0.15) is 24.1 Å². The minimum Gasteiger partial charge on any atom is -0.487 e. The van der Waals surface area contributed by atoms with E-state index in [4.69, 9.17) is 4.74 Å². The molecular weight excluding hydrogens is 385 g/mol. The summed E-state index contributed by atoms with van der Waals surface area (Å²) in [5.41, 5.74) is 4.74. The summed E-state index contributed by atoms with van der Waals surface area (Å²) < 4.78 is 22.6. The van der Waals surface area contributed by atoms with Gasteiger partial charge in [-0.1, -0.05) is 6.07 Å². The van der Waals surface area contributed by atoms with Gasteiger partial charge < -0.3 is 24.8 Å². The summed E-state index contributed by atoms with van der Waals surface area (Å²) in [4.78, 5) is 4.17. The largest absolute Gasteiger partial charge is 0.487 e. The molecule has 1 aliphatic carbocycles. The minimum atomic E-state index is -1.06. The van der Waals surface area contributed by atoms with Crippen molar-refractivity contribution in [3.05, 3.63) is 58.8 Å². The van der Waals surface area contributed by atoms with Crippen LogP contribution in [0.4, 0.5) is 4.39 Å². The zero-order valence-corrected chi connectivity index (χ0v) is 17.1. The van der Waals surface area contributed by atoms with Crippen LogP contribution < -0.4 is 10.1 Å². The first-order valence-corrected chi connectivity index (χ1v) is 10.4. The van der Waals surface area contributed by atoms with E-state index in [0.717, 1.165) is 36.4 Å². The van der Waals surface area contributed by atoms with Crippen molar-refractivity contribution >= 4 is 10.9 Å². The molecule has 3 heterocycles. The van der Waals surface area contributed by atoms with Gasteiger partial charge in [0.25, 0.3) is 0 Å². The summed E-state index contributed by atoms with van der Waals surface area (Å²) in [7, 11) is 0. The second kappa shape index (κ2) is 7.34. The number of pyridine rings is 1. The maximum atomic E-state index is 14.6. The van der Waals surface area contributed by atoms with Crippen molar-refractivity contribution in [2.45, 2.75) is 57.6 Å². The molecule has 1 saturated carbocycles. The number of nitrogens with zero attached hydrogens (tertiary/aromatic N) is 2. The number of halogens is 1. The van der Waals surface area contributed by atoms with E-state index in [-0.39, 0.29) is 5.82 Å². The fourth-order valence-corrected chi connectivity index (χ4v) is 4.94. The molecule has 5 rings (SSSR count). The first kappa shape index (κ1) is 19.5. The summed E-state index contributed by atoms with van der Waals surface area (Å²) in [6, 6.07) is 5.41. The average molecular weight is 411 g/mol. The molecule has 2 aromatic heterocycles. The topological polar surface area (TPSA) is 79.5 Å². The molecule has 1 aliphatic heterocycles. The van der Waals surface area contributed by atoms with Gasteiger partial charge in [-0.05, 0) is 50.1 Å².